The van der Waals surface area contributed by atoms with E-state index in [4.69, 9.17) is 17.0 Å². The number of thiocarbonyl (C=S) groups is 1. The van der Waals surface area contributed by atoms with Gasteiger partial charge in [-0.15, -0.1) is 0 Å². The summed E-state index contributed by atoms with van der Waals surface area (Å²) in [7, 11) is 0. The quantitative estimate of drug-likeness (QED) is 0.390. The van der Waals surface area contributed by atoms with E-state index < -0.39 is 6.04 Å². The molecule has 1 aliphatic rings. The number of benzene rings is 2. The maximum atomic E-state index is 13.0. The van der Waals surface area contributed by atoms with Crippen LogP contribution in [0.15, 0.2) is 65.9 Å². The topological polar surface area (TPSA) is 70.7 Å². The molecule has 0 unspecified atom stereocenters. The first-order valence-corrected chi connectivity index (χ1v) is 12.1. The number of anilines is 1. The Kier molecular flexibility index (Phi) is 8.82. The molecule has 0 spiro atoms. The van der Waals surface area contributed by atoms with Crippen LogP contribution in [0.5, 0.6) is 0 Å². The molecule has 2 N–H and O–H groups in total. The molecule has 7 heteroatoms. The van der Waals surface area contributed by atoms with Crippen LogP contribution in [0.4, 0.5) is 5.69 Å². The Hall–Kier alpha value is -3.19. The summed E-state index contributed by atoms with van der Waals surface area (Å²) in [6, 6.07) is 17.0. The largest absolute Gasteiger partial charge is 0.462 e. The van der Waals surface area contributed by atoms with Crippen molar-refractivity contribution in [1.29, 1.82) is 0 Å². The molecule has 2 aromatic carbocycles. The van der Waals surface area contributed by atoms with Crippen LogP contribution in [0.25, 0.3) is 0 Å². The highest BCUT2D eigenvalue weighted by atomic mass is 32.1. The van der Waals surface area contributed by atoms with Gasteiger partial charge < -0.3 is 20.3 Å². The number of carbonyl (C=O) groups is 2. The van der Waals surface area contributed by atoms with Crippen LogP contribution in [0.2, 0.25) is 0 Å². The van der Waals surface area contributed by atoms with E-state index in [1.807, 2.05) is 87.2 Å². The van der Waals surface area contributed by atoms with Crippen LogP contribution >= 0.6 is 12.2 Å². The van der Waals surface area contributed by atoms with Crippen molar-refractivity contribution in [2.45, 2.75) is 46.6 Å². The SMILES string of the molecule is CCN1C(=S)N[C@H](c2ccc(NC(=O)CCc3ccccc3)cc2)C(C(=O)OCC(C)C)=C1C. The molecule has 0 saturated heterocycles. The van der Waals surface area contributed by atoms with Crippen LogP contribution in [-0.4, -0.2) is 35.0 Å². The van der Waals surface area contributed by atoms with Crippen molar-refractivity contribution in [2.75, 3.05) is 18.5 Å². The van der Waals surface area contributed by atoms with E-state index in [1.54, 1.807) is 0 Å². The van der Waals surface area contributed by atoms with Crippen LogP contribution in [-0.2, 0) is 20.7 Å². The fourth-order valence-corrected chi connectivity index (χ4v) is 4.27. The van der Waals surface area contributed by atoms with Crippen molar-refractivity contribution in [2.24, 2.45) is 5.92 Å². The molecule has 0 fully saturated rings. The summed E-state index contributed by atoms with van der Waals surface area (Å²) in [5.74, 6) is -0.142. The van der Waals surface area contributed by atoms with Crippen molar-refractivity contribution in [3.05, 3.63) is 77.0 Å². The van der Waals surface area contributed by atoms with E-state index >= 15 is 0 Å². The van der Waals surface area contributed by atoms with Gasteiger partial charge >= 0.3 is 5.97 Å². The molecule has 0 saturated carbocycles. The second-order valence-electron chi connectivity index (χ2n) is 8.77. The number of allylic oxidation sites excluding steroid dienone is 1. The molecule has 0 bridgehead atoms. The van der Waals surface area contributed by atoms with Crippen molar-refractivity contribution in [3.8, 4) is 0 Å². The molecule has 0 aromatic heterocycles. The Labute approximate surface area is 207 Å². The molecule has 0 radical (unpaired) electrons. The number of carbonyl (C=O) groups excluding carboxylic acids is 2. The molecule has 1 amide bonds. The molecule has 2 aromatic rings. The summed E-state index contributed by atoms with van der Waals surface area (Å²) < 4.78 is 5.57. The van der Waals surface area contributed by atoms with Gasteiger partial charge in [0, 0.05) is 24.4 Å². The van der Waals surface area contributed by atoms with E-state index in [0.29, 0.717) is 42.4 Å². The number of ether oxygens (including phenoxy) is 1. The third kappa shape index (κ3) is 6.44. The Morgan fingerprint density at radius 3 is 2.41 bits per heavy atom. The van der Waals surface area contributed by atoms with E-state index in [2.05, 4.69) is 10.6 Å². The minimum Gasteiger partial charge on any atom is -0.462 e. The molecular weight excluding hydrogens is 446 g/mol. The van der Waals surface area contributed by atoms with Crippen LogP contribution in [0.3, 0.4) is 0 Å². The fraction of sp³-hybridized carbons (Fsp3) is 0.370. The van der Waals surface area contributed by atoms with Gasteiger partial charge in [-0.25, -0.2) is 4.79 Å². The maximum absolute atomic E-state index is 13.0. The fourth-order valence-electron chi connectivity index (χ4n) is 3.88. The van der Waals surface area contributed by atoms with Gasteiger partial charge in [0.15, 0.2) is 5.11 Å². The number of rotatable bonds is 9. The number of nitrogens with zero attached hydrogens (tertiary/aromatic N) is 1. The number of nitrogens with one attached hydrogen (secondary N) is 2. The van der Waals surface area contributed by atoms with E-state index in [0.717, 1.165) is 16.8 Å². The number of esters is 1. The minimum absolute atomic E-state index is 0.0409. The van der Waals surface area contributed by atoms with Crippen molar-refractivity contribution in [3.63, 3.8) is 0 Å². The summed E-state index contributed by atoms with van der Waals surface area (Å²) in [6.07, 6.45) is 1.10. The standard InChI is InChI=1S/C27H33N3O3S/c1-5-30-19(4)24(26(32)33-17-18(2)3)25(29-27(30)34)21-12-14-22(15-13-21)28-23(31)16-11-20-9-7-6-8-10-20/h6-10,12-15,18,25H,5,11,16-17H2,1-4H3,(H,28,31)(H,29,34)/t25-/m1/s1. The highest BCUT2D eigenvalue weighted by molar-refractivity contribution is 7.80. The lowest BCUT2D eigenvalue weighted by atomic mass is 9.94. The average molecular weight is 480 g/mol. The van der Waals surface area contributed by atoms with Gasteiger partial charge in [0.1, 0.15) is 0 Å². The Bertz CT molecular complexity index is 1050. The average Bonchev–Trinajstić information content (AvgIpc) is 2.82. The molecule has 1 heterocycles. The van der Waals surface area contributed by atoms with Crippen LogP contribution in [0, 0.1) is 5.92 Å². The summed E-state index contributed by atoms with van der Waals surface area (Å²) >= 11 is 5.55. The summed E-state index contributed by atoms with van der Waals surface area (Å²) in [6.45, 7) is 8.91. The molecule has 34 heavy (non-hydrogen) atoms. The first-order valence-electron chi connectivity index (χ1n) is 11.7. The van der Waals surface area contributed by atoms with Crippen LogP contribution in [0.1, 0.15) is 51.3 Å². The highest BCUT2D eigenvalue weighted by Gasteiger charge is 2.34. The highest BCUT2D eigenvalue weighted by Crippen LogP contribution is 2.32. The van der Waals surface area contributed by atoms with Gasteiger partial charge in [0.25, 0.3) is 0 Å². The predicted octanol–water partition coefficient (Wildman–Crippen LogP) is 4.98. The van der Waals surface area contributed by atoms with Gasteiger partial charge in [-0.2, -0.15) is 0 Å². The molecule has 3 rings (SSSR count). The lowest BCUT2D eigenvalue weighted by Crippen LogP contribution is -2.47. The summed E-state index contributed by atoms with van der Waals surface area (Å²) in [5.41, 5.74) is 4.06. The van der Waals surface area contributed by atoms with Crippen molar-refractivity contribution < 1.29 is 14.3 Å². The first-order chi connectivity index (χ1) is 16.3. The lowest BCUT2D eigenvalue weighted by Gasteiger charge is -2.37. The van der Waals surface area contributed by atoms with Gasteiger partial charge in [-0.05, 0) is 61.7 Å². The van der Waals surface area contributed by atoms with Crippen molar-refractivity contribution in [1.82, 2.24) is 10.2 Å². The molecule has 180 valence electrons. The molecule has 0 aliphatic carbocycles. The normalized spacial score (nSPS) is 15.9. The zero-order valence-electron chi connectivity index (χ0n) is 20.3. The second kappa shape index (κ2) is 11.8. The molecular formula is C27H33N3O3S. The lowest BCUT2D eigenvalue weighted by molar-refractivity contribution is -0.140. The number of hydrogen-bond acceptors (Lipinski definition) is 4. The van der Waals surface area contributed by atoms with Gasteiger partial charge in [-0.3, -0.25) is 4.79 Å². The summed E-state index contributed by atoms with van der Waals surface area (Å²) in [5, 5.41) is 6.81. The zero-order chi connectivity index (χ0) is 24.7. The van der Waals surface area contributed by atoms with E-state index in [-0.39, 0.29) is 17.8 Å². The van der Waals surface area contributed by atoms with Gasteiger partial charge in [0.05, 0.1) is 18.2 Å². The summed E-state index contributed by atoms with van der Waals surface area (Å²) in [4.78, 5) is 27.3. The molecule has 1 atom stereocenters. The van der Waals surface area contributed by atoms with Crippen LogP contribution < -0.4 is 10.6 Å². The minimum atomic E-state index is -0.419. The maximum Gasteiger partial charge on any atom is 0.338 e. The Morgan fingerprint density at radius 2 is 1.79 bits per heavy atom. The second-order valence-corrected chi connectivity index (χ2v) is 9.16. The van der Waals surface area contributed by atoms with Crippen molar-refractivity contribution >= 4 is 34.9 Å². The smallest absolute Gasteiger partial charge is 0.338 e. The monoisotopic (exact) mass is 479 g/mol. The third-order valence-electron chi connectivity index (χ3n) is 5.69. The van der Waals surface area contributed by atoms with Gasteiger partial charge in [-0.1, -0.05) is 56.3 Å². The molecule has 6 nitrogen and oxygen atoms in total. The number of amides is 1. The zero-order valence-corrected chi connectivity index (χ0v) is 21.1. The number of aryl methyl sites for hydroxylation is 1. The first kappa shape index (κ1) is 25.4. The number of hydrogen-bond donors (Lipinski definition) is 2. The molecule has 1 aliphatic heterocycles. The Morgan fingerprint density at radius 1 is 1.12 bits per heavy atom. The van der Waals surface area contributed by atoms with E-state index in [9.17, 15) is 9.59 Å². The van der Waals surface area contributed by atoms with E-state index in [1.165, 1.54) is 0 Å². The third-order valence-corrected chi connectivity index (χ3v) is 6.03. The van der Waals surface area contributed by atoms with Gasteiger partial charge in [0.2, 0.25) is 5.91 Å². The Balaban J connectivity index is 1.73. The predicted molar refractivity (Wildman–Crippen MR) is 139 cm³/mol.